The third kappa shape index (κ3) is 5.10. The SMILES string of the molecule is O=C(NCCC1=CCCCC1)c1cccc(OC[C@H]2CCCO2)c1. The van der Waals surface area contributed by atoms with Crippen LogP contribution in [0.3, 0.4) is 0 Å². The van der Waals surface area contributed by atoms with E-state index in [9.17, 15) is 4.79 Å². The van der Waals surface area contributed by atoms with Crippen molar-refractivity contribution in [3.05, 3.63) is 41.5 Å². The van der Waals surface area contributed by atoms with Crippen LogP contribution in [-0.4, -0.2) is 31.8 Å². The van der Waals surface area contributed by atoms with Crippen LogP contribution in [0.25, 0.3) is 0 Å². The van der Waals surface area contributed by atoms with E-state index in [-0.39, 0.29) is 12.0 Å². The Morgan fingerprint density at radius 3 is 3.04 bits per heavy atom. The molecule has 0 unspecified atom stereocenters. The second-order valence-electron chi connectivity index (χ2n) is 6.59. The molecule has 1 aromatic carbocycles. The summed E-state index contributed by atoms with van der Waals surface area (Å²) in [4.78, 5) is 12.3. The number of benzene rings is 1. The fourth-order valence-corrected chi connectivity index (χ4v) is 3.26. The van der Waals surface area contributed by atoms with Crippen LogP contribution in [-0.2, 0) is 4.74 Å². The van der Waals surface area contributed by atoms with Crippen LogP contribution in [0.15, 0.2) is 35.9 Å². The van der Waals surface area contributed by atoms with Crippen molar-refractivity contribution in [1.82, 2.24) is 5.32 Å². The highest BCUT2D eigenvalue weighted by atomic mass is 16.5. The fraction of sp³-hybridized carbons (Fsp3) is 0.550. The van der Waals surface area contributed by atoms with Crippen LogP contribution in [0, 0.1) is 0 Å². The quantitative estimate of drug-likeness (QED) is 0.773. The molecule has 0 saturated carbocycles. The number of carbonyl (C=O) groups is 1. The molecular formula is C20H27NO3. The summed E-state index contributed by atoms with van der Waals surface area (Å²) < 4.78 is 11.3. The van der Waals surface area contributed by atoms with Gasteiger partial charge in [-0.1, -0.05) is 17.7 Å². The molecule has 1 aromatic rings. The van der Waals surface area contributed by atoms with E-state index in [4.69, 9.17) is 9.47 Å². The van der Waals surface area contributed by atoms with Gasteiger partial charge in [-0.25, -0.2) is 0 Å². The lowest BCUT2D eigenvalue weighted by atomic mass is 9.97. The van der Waals surface area contributed by atoms with Gasteiger partial charge in [0.15, 0.2) is 0 Å². The highest BCUT2D eigenvalue weighted by molar-refractivity contribution is 5.94. The van der Waals surface area contributed by atoms with Crippen molar-refractivity contribution in [2.24, 2.45) is 0 Å². The van der Waals surface area contributed by atoms with Gasteiger partial charge in [-0.15, -0.1) is 0 Å². The third-order valence-corrected chi connectivity index (χ3v) is 4.67. The van der Waals surface area contributed by atoms with E-state index in [1.165, 1.54) is 31.3 Å². The average molecular weight is 329 g/mol. The molecule has 0 bridgehead atoms. The number of allylic oxidation sites excluding steroid dienone is 1. The van der Waals surface area contributed by atoms with Crippen LogP contribution in [0.4, 0.5) is 0 Å². The van der Waals surface area contributed by atoms with Crippen molar-refractivity contribution >= 4 is 5.91 Å². The van der Waals surface area contributed by atoms with Crippen molar-refractivity contribution in [2.45, 2.75) is 51.0 Å². The van der Waals surface area contributed by atoms with E-state index in [2.05, 4.69) is 11.4 Å². The molecule has 24 heavy (non-hydrogen) atoms. The molecule has 130 valence electrons. The lowest BCUT2D eigenvalue weighted by Gasteiger charge is -2.14. The van der Waals surface area contributed by atoms with Crippen molar-refractivity contribution in [3.63, 3.8) is 0 Å². The number of ether oxygens (including phenoxy) is 2. The predicted molar refractivity (Wildman–Crippen MR) is 94.4 cm³/mol. The van der Waals surface area contributed by atoms with E-state index in [1.54, 1.807) is 0 Å². The molecule has 1 heterocycles. The molecule has 4 nitrogen and oxygen atoms in total. The number of carbonyl (C=O) groups excluding carboxylic acids is 1. The molecule has 1 N–H and O–H groups in total. The Balaban J connectivity index is 1.45. The molecule has 1 amide bonds. The van der Waals surface area contributed by atoms with Gasteiger partial charge in [0.2, 0.25) is 0 Å². The molecule has 1 atom stereocenters. The van der Waals surface area contributed by atoms with Gasteiger partial charge in [0, 0.05) is 18.7 Å². The van der Waals surface area contributed by atoms with E-state index in [0.717, 1.165) is 31.6 Å². The van der Waals surface area contributed by atoms with Gasteiger partial charge in [0.05, 0.1) is 6.10 Å². The first-order valence-corrected chi connectivity index (χ1v) is 9.12. The van der Waals surface area contributed by atoms with Crippen molar-refractivity contribution in [1.29, 1.82) is 0 Å². The smallest absolute Gasteiger partial charge is 0.251 e. The van der Waals surface area contributed by atoms with E-state index in [0.29, 0.717) is 18.7 Å². The minimum absolute atomic E-state index is 0.0334. The molecule has 1 fully saturated rings. The molecule has 1 aliphatic heterocycles. The zero-order valence-corrected chi connectivity index (χ0v) is 14.3. The number of hydrogen-bond acceptors (Lipinski definition) is 3. The van der Waals surface area contributed by atoms with Crippen molar-refractivity contribution in [2.75, 3.05) is 19.8 Å². The Kier molecular flexibility index (Phi) is 6.30. The standard InChI is InChI=1S/C20H27NO3/c22-20(21-12-11-16-6-2-1-3-7-16)17-8-4-9-18(14-17)24-15-19-10-5-13-23-19/h4,6,8-9,14,19H,1-3,5,7,10-13,15H2,(H,21,22)/t19-/m1/s1. The Labute approximate surface area is 144 Å². The predicted octanol–water partition coefficient (Wildman–Crippen LogP) is 3.86. The summed E-state index contributed by atoms with van der Waals surface area (Å²) >= 11 is 0. The zero-order chi connectivity index (χ0) is 16.6. The summed E-state index contributed by atoms with van der Waals surface area (Å²) in [6.45, 7) is 2.08. The summed E-state index contributed by atoms with van der Waals surface area (Å²) in [5, 5.41) is 3.01. The van der Waals surface area contributed by atoms with Gasteiger partial charge < -0.3 is 14.8 Å². The second-order valence-corrected chi connectivity index (χ2v) is 6.59. The van der Waals surface area contributed by atoms with Crippen molar-refractivity contribution in [3.8, 4) is 5.75 Å². The molecule has 3 rings (SSSR count). The average Bonchev–Trinajstić information content (AvgIpc) is 3.15. The Morgan fingerprint density at radius 2 is 2.25 bits per heavy atom. The number of nitrogens with one attached hydrogen (secondary N) is 1. The van der Waals surface area contributed by atoms with Gasteiger partial charge in [-0.3, -0.25) is 4.79 Å². The first-order chi connectivity index (χ1) is 11.8. The molecule has 0 spiro atoms. The van der Waals surface area contributed by atoms with Crippen LogP contribution >= 0.6 is 0 Å². The first-order valence-electron chi connectivity index (χ1n) is 9.12. The maximum Gasteiger partial charge on any atom is 0.251 e. The van der Waals surface area contributed by atoms with E-state index < -0.39 is 0 Å². The lowest BCUT2D eigenvalue weighted by Crippen LogP contribution is -2.25. The summed E-state index contributed by atoms with van der Waals surface area (Å²) in [5.74, 6) is 0.696. The second kappa shape index (κ2) is 8.88. The first kappa shape index (κ1) is 17.0. The lowest BCUT2D eigenvalue weighted by molar-refractivity contribution is 0.0679. The molecule has 0 aromatic heterocycles. The summed E-state index contributed by atoms with van der Waals surface area (Å²) in [5.41, 5.74) is 2.13. The Bertz CT molecular complexity index is 576. The number of amides is 1. The fourth-order valence-electron chi connectivity index (χ4n) is 3.26. The monoisotopic (exact) mass is 329 g/mol. The molecule has 4 heteroatoms. The summed E-state index contributed by atoms with van der Waals surface area (Å²) in [6.07, 6.45) is 10.6. The number of hydrogen-bond donors (Lipinski definition) is 1. The van der Waals surface area contributed by atoms with Crippen LogP contribution in [0.5, 0.6) is 5.75 Å². The highest BCUT2D eigenvalue weighted by Gasteiger charge is 2.16. The molecule has 1 saturated heterocycles. The van der Waals surface area contributed by atoms with E-state index in [1.807, 2.05) is 24.3 Å². The Morgan fingerprint density at radius 1 is 1.29 bits per heavy atom. The number of rotatable bonds is 7. The normalized spacial score (nSPS) is 20.5. The summed E-state index contributed by atoms with van der Waals surface area (Å²) in [6, 6.07) is 7.39. The van der Waals surface area contributed by atoms with Gasteiger partial charge in [-0.05, 0) is 63.1 Å². The zero-order valence-electron chi connectivity index (χ0n) is 14.3. The minimum atomic E-state index is -0.0334. The van der Waals surface area contributed by atoms with Crippen LogP contribution in [0.2, 0.25) is 0 Å². The molecule has 2 aliphatic rings. The van der Waals surface area contributed by atoms with Gasteiger partial charge >= 0.3 is 0 Å². The van der Waals surface area contributed by atoms with Gasteiger partial charge in [0.25, 0.3) is 5.91 Å². The highest BCUT2D eigenvalue weighted by Crippen LogP contribution is 2.20. The molecular weight excluding hydrogens is 302 g/mol. The largest absolute Gasteiger partial charge is 0.491 e. The van der Waals surface area contributed by atoms with Gasteiger partial charge in [-0.2, -0.15) is 0 Å². The van der Waals surface area contributed by atoms with E-state index >= 15 is 0 Å². The maximum atomic E-state index is 12.3. The van der Waals surface area contributed by atoms with Gasteiger partial charge in [0.1, 0.15) is 12.4 Å². The topological polar surface area (TPSA) is 47.6 Å². The maximum absolute atomic E-state index is 12.3. The Hall–Kier alpha value is -1.81. The minimum Gasteiger partial charge on any atom is -0.491 e. The molecule has 0 radical (unpaired) electrons. The molecule has 1 aliphatic carbocycles. The van der Waals surface area contributed by atoms with Crippen molar-refractivity contribution < 1.29 is 14.3 Å². The third-order valence-electron chi connectivity index (χ3n) is 4.67. The van der Waals surface area contributed by atoms with Crippen LogP contribution in [0.1, 0.15) is 55.3 Å². The van der Waals surface area contributed by atoms with Crippen LogP contribution < -0.4 is 10.1 Å². The summed E-state index contributed by atoms with van der Waals surface area (Å²) in [7, 11) is 0.